The van der Waals surface area contributed by atoms with E-state index in [0.29, 0.717) is 10.5 Å². The van der Waals surface area contributed by atoms with Gasteiger partial charge in [0.25, 0.3) is 0 Å². The quantitative estimate of drug-likeness (QED) is 0.881. The van der Waals surface area contributed by atoms with Crippen molar-refractivity contribution in [3.05, 3.63) is 34.1 Å². The van der Waals surface area contributed by atoms with Crippen LogP contribution in [0.5, 0.6) is 0 Å². The summed E-state index contributed by atoms with van der Waals surface area (Å²) in [7, 11) is 0. The molecule has 1 aromatic carbocycles. The predicted octanol–water partition coefficient (Wildman–Crippen LogP) is 4.04. The molecule has 16 heavy (non-hydrogen) atoms. The zero-order valence-electron chi connectivity index (χ0n) is 9.63. The molecule has 0 saturated heterocycles. The first-order valence-corrected chi connectivity index (χ1v) is 6.58. The van der Waals surface area contributed by atoms with E-state index in [0.717, 1.165) is 11.5 Å². The van der Waals surface area contributed by atoms with Crippen LogP contribution in [0.4, 0.5) is 4.39 Å². The molecule has 1 aromatic rings. The maximum absolute atomic E-state index is 13.1. The van der Waals surface area contributed by atoms with Crippen molar-refractivity contribution in [1.29, 1.82) is 0 Å². The van der Waals surface area contributed by atoms with E-state index < -0.39 is 0 Å². The second-order valence-electron chi connectivity index (χ2n) is 4.69. The summed E-state index contributed by atoms with van der Waals surface area (Å²) >= 11 is 3.22. The van der Waals surface area contributed by atoms with Crippen LogP contribution in [0, 0.1) is 11.7 Å². The van der Waals surface area contributed by atoms with Crippen LogP contribution in [0.3, 0.4) is 0 Å². The Hall–Kier alpha value is -0.410. The van der Waals surface area contributed by atoms with E-state index in [1.165, 1.54) is 18.9 Å². The Balaban J connectivity index is 2.01. The normalized spacial score (nSPS) is 19.5. The van der Waals surface area contributed by atoms with E-state index in [9.17, 15) is 4.39 Å². The van der Waals surface area contributed by atoms with Crippen LogP contribution >= 0.6 is 15.9 Å². The van der Waals surface area contributed by atoms with Crippen LogP contribution in [0.2, 0.25) is 0 Å². The summed E-state index contributed by atoms with van der Waals surface area (Å²) in [6, 6.07) is 6.04. The largest absolute Gasteiger partial charge is 0.307 e. The molecule has 1 fully saturated rings. The van der Waals surface area contributed by atoms with Crippen molar-refractivity contribution in [2.45, 2.75) is 38.8 Å². The highest BCUT2D eigenvalue weighted by Crippen LogP contribution is 2.33. The van der Waals surface area contributed by atoms with E-state index in [4.69, 9.17) is 0 Å². The number of rotatable bonds is 4. The zero-order valence-corrected chi connectivity index (χ0v) is 11.2. The summed E-state index contributed by atoms with van der Waals surface area (Å²) in [6.07, 6.45) is 2.68. The van der Waals surface area contributed by atoms with Gasteiger partial charge < -0.3 is 5.32 Å². The minimum Gasteiger partial charge on any atom is -0.307 e. The molecule has 1 nitrogen and oxygen atoms in total. The number of halogens is 2. The molecule has 0 radical (unpaired) electrons. The van der Waals surface area contributed by atoms with Crippen molar-refractivity contribution in [3.63, 3.8) is 0 Å². The van der Waals surface area contributed by atoms with Crippen LogP contribution in [0.15, 0.2) is 22.7 Å². The highest BCUT2D eigenvalue weighted by Gasteiger charge is 2.28. The maximum atomic E-state index is 13.1. The highest BCUT2D eigenvalue weighted by molar-refractivity contribution is 9.10. The minimum atomic E-state index is -0.203. The second kappa shape index (κ2) is 4.84. The molecule has 2 rings (SSSR count). The zero-order chi connectivity index (χ0) is 11.7. The first-order valence-electron chi connectivity index (χ1n) is 5.79. The molecule has 88 valence electrons. The molecule has 0 aromatic heterocycles. The molecule has 1 aliphatic carbocycles. The molecule has 0 amide bonds. The van der Waals surface area contributed by atoms with Crippen molar-refractivity contribution < 1.29 is 4.39 Å². The van der Waals surface area contributed by atoms with Crippen LogP contribution in [-0.2, 0) is 0 Å². The molecular weight excluding hydrogens is 269 g/mol. The molecule has 1 N–H and O–H groups in total. The third-order valence-electron chi connectivity index (χ3n) is 3.29. The Morgan fingerprint density at radius 3 is 2.62 bits per heavy atom. The summed E-state index contributed by atoms with van der Waals surface area (Å²) < 4.78 is 13.6. The standard InChI is InChI=1S/C13H17BrFN/c1-8(10-3-4-10)16-9(2)11-5-6-13(15)12(14)7-11/h5-10,16H,3-4H2,1-2H3. The molecule has 3 heteroatoms. The van der Waals surface area contributed by atoms with Crippen molar-refractivity contribution in [3.8, 4) is 0 Å². The number of benzene rings is 1. The number of hydrogen-bond acceptors (Lipinski definition) is 1. The number of hydrogen-bond donors (Lipinski definition) is 1. The minimum absolute atomic E-state index is 0.203. The first kappa shape index (κ1) is 12.1. The second-order valence-corrected chi connectivity index (χ2v) is 5.54. The average molecular weight is 286 g/mol. The molecule has 0 aliphatic heterocycles. The SMILES string of the molecule is CC(NC(C)C1CC1)c1ccc(F)c(Br)c1. The number of nitrogens with one attached hydrogen (secondary N) is 1. The van der Waals surface area contributed by atoms with Gasteiger partial charge in [-0.3, -0.25) is 0 Å². The van der Waals surface area contributed by atoms with E-state index in [1.807, 2.05) is 12.1 Å². The Kier molecular flexibility index (Phi) is 3.65. The lowest BCUT2D eigenvalue weighted by molar-refractivity contribution is 0.441. The monoisotopic (exact) mass is 285 g/mol. The third-order valence-corrected chi connectivity index (χ3v) is 3.89. The average Bonchev–Trinajstić information content (AvgIpc) is 3.05. The van der Waals surface area contributed by atoms with Gasteiger partial charge in [0, 0.05) is 12.1 Å². The lowest BCUT2D eigenvalue weighted by atomic mass is 10.1. The first-order chi connectivity index (χ1) is 7.58. The highest BCUT2D eigenvalue weighted by atomic mass is 79.9. The van der Waals surface area contributed by atoms with Crippen molar-refractivity contribution in [2.75, 3.05) is 0 Å². The summed E-state index contributed by atoms with van der Waals surface area (Å²) in [4.78, 5) is 0. The summed E-state index contributed by atoms with van der Waals surface area (Å²) in [5.74, 6) is 0.637. The molecule has 2 atom stereocenters. The van der Waals surface area contributed by atoms with Gasteiger partial charge in [0.1, 0.15) is 5.82 Å². The fourth-order valence-corrected chi connectivity index (χ4v) is 2.40. The van der Waals surface area contributed by atoms with Gasteiger partial charge in [-0.2, -0.15) is 0 Å². The lowest BCUT2D eigenvalue weighted by Crippen LogP contribution is -2.30. The van der Waals surface area contributed by atoms with Gasteiger partial charge in [0.05, 0.1) is 4.47 Å². The van der Waals surface area contributed by atoms with Gasteiger partial charge in [-0.1, -0.05) is 6.07 Å². The van der Waals surface area contributed by atoms with E-state index in [2.05, 4.69) is 35.1 Å². The summed E-state index contributed by atoms with van der Waals surface area (Å²) in [5.41, 5.74) is 1.13. The molecule has 2 unspecified atom stereocenters. The molecule has 0 bridgehead atoms. The fourth-order valence-electron chi connectivity index (χ4n) is 2.00. The van der Waals surface area contributed by atoms with Gasteiger partial charge in [-0.15, -0.1) is 0 Å². The Bertz CT molecular complexity index is 376. The van der Waals surface area contributed by atoms with Crippen LogP contribution in [0.25, 0.3) is 0 Å². The maximum Gasteiger partial charge on any atom is 0.137 e. The Morgan fingerprint density at radius 2 is 2.06 bits per heavy atom. The Labute approximate surface area is 105 Å². The van der Waals surface area contributed by atoms with E-state index in [-0.39, 0.29) is 11.9 Å². The molecule has 0 spiro atoms. The lowest BCUT2D eigenvalue weighted by Gasteiger charge is -2.20. The van der Waals surface area contributed by atoms with Gasteiger partial charge in [-0.05, 0) is 66.2 Å². The van der Waals surface area contributed by atoms with Crippen LogP contribution < -0.4 is 5.32 Å². The topological polar surface area (TPSA) is 12.0 Å². The van der Waals surface area contributed by atoms with Crippen LogP contribution in [0.1, 0.15) is 38.3 Å². The Morgan fingerprint density at radius 1 is 1.38 bits per heavy atom. The van der Waals surface area contributed by atoms with Crippen molar-refractivity contribution in [1.82, 2.24) is 5.32 Å². The van der Waals surface area contributed by atoms with E-state index in [1.54, 1.807) is 0 Å². The molecule has 1 aliphatic rings. The fraction of sp³-hybridized carbons (Fsp3) is 0.538. The van der Waals surface area contributed by atoms with E-state index >= 15 is 0 Å². The third kappa shape index (κ3) is 2.83. The van der Waals surface area contributed by atoms with Gasteiger partial charge in [-0.25, -0.2) is 4.39 Å². The summed E-state index contributed by atoms with van der Waals surface area (Å²) in [5, 5.41) is 3.56. The van der Waals surface area contributed by atoms with Crippen molar-refractivity contribution in [2.24, 2.45) is 5.92 Å². The summed E-state index contributed by atoms with van der Waals surface area (Å²) in [6.45, 7) is 4.35. The van der Waals surface area contributed by atoms with Crippen LogP contribution in [-0.4, -0.2) is 6.04 Å². The van der Waals surface area contributed by atoms with Crippen molar-refractivity contribution >= 4 is 15.9 Å². The molecular formula is C13H17BrFN. The molecule has 0 heterocycles. The van der Waals surface area contributed by atoms with Gasteiger partial charge >= 0.3 is 0 Å². The smallest absolute Gasteiger partial charge is 0.137 e. The van der Waals surface area contributed by atoms with Gasteiger partial charge in [0.2, 0.25) is 0 Å². The molecule has 1 saturated carbocycles. The van der Waals surface area contributed by atoms with Gasteiger partial charge in [0.15, 0.2) is 0 Å². The predicted molar refractivity (Wildman–Crippen MR) is 67.8 cm³/mol.